The van der Waals surface area contributed by atoms with Gasteiger partial charge in [-0.3, -0.25) is 9.59 Å². The van der Waals surface area contributed by atoms with Crippen LogP contribution < -0.4 is 4.72 Å². The fourth-order valence-electron chi connectivity index (χ4n) is 0.771. The van der Waals surface area contributed by atoms with Crippen molar-refractivity contribution in [2.24, 2.45) is 0 Å². The monoisotopic (exact) mass is 287 g/mol. The van der Waals surface area contributed by atoms with Crippen molar-refractivity contribution < 1.29 is 32.2 Å². The first kappa shape index (κ1) is 19.1. The zero-order valence-electron chi connectivity index (χ0n) is 10.5. The summed E-state index contributed by atoms with van der Waals surface area (Å²) in [6.07, 6.45) is -2.88. The first-order chi connectivity index (χ1) is 8.28. The zero-order valence-corrected chi connectivity index (χ0v) is 11.3. The van der Waals surface area contributed by atoms with Crippen LogP contribution in [0.4, 0.5) is 4.39 Å². The third-order valence-electron chi connectivity index (χ3n) is 1.47. The van der Waals surface area contributed by atoms with E-state index < -0.39 is 34.0 Å². The molecule has 0 fully saturated rings. The van der Waals surface area contributed by atoms with Gasteiger partial charge in [0.15, 0.2) is 0 Å². The Balaban J connectivity index is 0. The van der Waals surface area contributed by atoms with Gasteiger partial charge in [-0.1, -0.05) is 13.8 Å². The van der Waals surface area contributed by atoms with Gasteiger partial charge in [-0.05, 0) is 6.42 Å². The number of sulfonamides is 1. The van der Waals surface area contributed by atoms with Gasteiger partial charge < -0.3 is 9.84 Å². The molecule has 1 unspecified atom stereocenters. The zero-order chi connectivity index (χ0) is 14.8. The Bertz CT molecular complexity index is 356. The lowest BCUT2D eigenvalue weighted by atomic mass is 10.3. The molecule has 0 heterocycles. The van der Waals surface area contributed by atoms with Crippen molar-refractivity contribution in [1.82, 2.24) is 4.72 Å². The van der Waals surface area contributed by atoms with Gasteiger partial charge in [0.25, 0.3) is 12.3 Å². The van der Waals surface area contributed by atoms with E-state index in [1.54, 1.807) is 0 Å². The van der Waals surface area contributed by atoms with E-state index in [2.05, 4.69) is 4.74 Å². The number of aliphatic carboxylic acids is 1. The van der Waals surface area contributed by atoms with Crippen molar-refractivity contribution in [2.75, 3.05) is 12.9 Å². The molecule has 0 rings (SSSR count). The number of carbonyl (C=O) groups is 2. The molecule has 1 amide bonds. The van der Waals surface area contributed by atoms with Gasteiger partial charge in [-0.15, -0.1) is 0 Å². The number of carboxylic acids is 1. The molecule has 2 N–H and O–H groups in total. The molecule has 0 aliphatic rings. The molecule has 7 nitrogen and oxygen atoms in total. The van der Waals surface area contributed by atoms with Gasteiger partial charge in [0, 0.05) is 13.5 Å². The molecular weight excluding hydrogens is 269 g/mol. The maximum atomic E-state index is 12.5. The molecule has 1 atom stereocenters. The molecule has 0 saturated heterocycles. The molecule has 0 saturated carbocycles. The highest BCUT2D eigenvalue weighted by molar-refractivity contribution is 7.90. The van der Waals surface area contributed by atoms with Crippen molar-refractivity contribution in [1.29, 1.82) is 0 Å². The number of ether oxygens (including phenoxy) is 1. The maximum absolute atomic E-state index is 12.5. The molecule has 0 aromatic carbocycles. The molecular formula is C9H18FNO6S. The minimum Gasteiger partial charge on any atom is -0.481 e. The predicted molar refractivity (Wildman–Crippen MR) is 62.1 cm³/mol. The predicted octanol–water partition coefficient (Wildman–Crippen LogP) is 0.265. The Hall–Kier alpha value is -1.22. The number of halogens is 1. The summed E-state index contributed by atoms with van der Waals surface area (Å²) in [7, 11) is -3.11. The van der Waals surface area contributed by atoms with E-state index in [0.29, 0.717) is 0 Å². The third-order valence-corrected chi connectivity index (χ3v) is 2.81. The van der Waals surface area contributed by atoms with Crippen LogP contribution in [-0.4, -0.2) is 44.6 Å². The van der Waals surface area contributed by atoms with Crippen LogP contribution in [0, 0.1) is 0 Å². The molecule has 0 radical (unpaired) electrons. The Labute approximate surface area is 105 Å². The van der Waals surface area contributed by atoms with E-state index in [9.17, 15) is 22.4 Å². The number of hydrogen-bond donors (Lipinski definition) is 2. The van der Waals surface area contributed by atoms with E-state index in [4.69, 9.17) is 5.11 Å². The summed E-state index contributed by atoms with van der Waals surface area (Å²) in [5.41, 5.74) is 0. The smallest absolute Gasteiger partial charge is 0.303 e. The first-order valence-corrected chi connectivity index (χ1v) is 6.86. The summed E-state index contributed by atoms with van der Waals surface area (Å²) in [5, 5.41) is 8.26. The van der Waals surface area contributed by atoms with Crippen molar-refractivity contribution in [3.63, 3.8) is 0 Å². The van der Waals surface area contributed by atoms with Crippen LogP contribution in [0.25, 0.3) is 0 Å². The number of hydrogen-bond acceptors (Lipinski definition) is 5. The molecule has 18 heavy (non-hydrogen) atoms. The fourth-order valence-corrected chi connectivity index (χ4v) is 1.80. The standard InChI is InChI=1S/C7H12FNO6S.C2H6/c1-15-6(8)7(12)9-16(13,14)4-2-3-5(10)11;1-2/h6H,2-4H2,1H3,(H,9,12)(H,10,11);1-2H3. The van der Waals surface area contributed by atoms with Gasteiger partial charge in [-0.2, -0.15) is 0 Å². The van der Waals surface area contributed by atoms with Crippen LogP contribution in [0.5, 0.6) is 0 Å². The normalized spacial score (nSPS) is 12.0. The largest absolute Gasteiger partial charge is 0.481 e. The van der Waals surface area contributed by atoms with Crippen LogP contribution in [0.15, 0.2) is 0 Å². The Morgan fingerprint density at radius 1 is 1.39 bits per heavy atom. The summed E-state index contributed by atoms with van der Waals surface area (Å²) in [4.78, 5) is 20.9. The minimum atomic E-state index is -4.01. The minimum absolute atomic E-state index is 0.165. The van der Waals surface area contributed by atoms with Crippen molar-refractivity contribution in [2.45, 2.75) is 33.0 Å². The second kappa shape index (κ2) is 9.77. The molecule has 0 aromatic rings. The van der Waals surface area contributed by atoms with Gasteiger partial charge in [0.05, 0.1) is 5.75 Å². The van der Waals surface area contributed by atoms with Crippen LogP contribution in [0.1, 0.15) is 26.7 Å². The van der Waals surface area contributed by atoms with Crippen LogP contribution >= 0.6 is 0 Å². The molecule has 108 valence electrons. The van der Waals surface area contributed by atoms with E-state index in [-0.39, 0.29) is 12.8 Å². The van der Waals surface area contributed by atoms with Crippen molar-refractivity contribution in [3.05, 3.63) is 0 Å². The highest BCUT2D eigenvalue weighted by Gasteiger charge is 2.22. The number of carbonyl (C=O) groups excluding carboxylic acids is 1. The molecule has 9 heteroatoms. The van der Waals surface area contributed by atoms with E-state index in [1.807, 2.05) is 13.8 Å². The number of nitrogens with one attached hydrogen (secondary N) is 1. The lowest BCUT2D eigenvalue weighted by Gasteiger charge is -2.08. The lowest BCUT2D eigenvalue weighted by Crippen LogP contribution is -2.38. The Morgan fingerprint density at radius 2 is 1.89 bits per heavy atom. The van der Waals surface area contributed by atoms with E-state index in [0.717, 1.165) is 7.11 Å². The summed E-state index contributed by atoms with van der Waals surface area (Å²) < 4.78 is 40.1. The van der Waals surface area contributed by atoms with Gasteiger partial charge in [0.2, 0.25) is 10.0 Å². The summed E-state index contributed by atoms with van der Waals surface area (Å²) >= 11 is 0. The molecule has 0 spiro atoms. The fraction of sp³-hybridized carbons (Fsp3) is 0.778. The topological polar surface area (TPSA) is 110 Å². The maximum Gasteiger partial charge on any atom is 0.303 e. The average molecular weight is 287 g/mol. The summed E-state index contributed by atoms with van der Waals surface area (Å²) in [6.45, 7) is 4.00. The van der Waals surface area contributed by atoms with Crippen LogP contribution in [0.3, 0.4) is 0 Å². The van der Waals surface area contributed by atoms with Crippen molar-refractivity contribution >= 4 is 21.9 Å². The Morgan fingerprint density at radius 3 is 2.28 bits per heavy atom. The van der Waals surface area contributed by atoms with Gasteiger partial charge in [-0.25, -0.2) is 17.5 Å². The lowest BCUT2D eigenvalue weighted by molar-refractivity contribution is -0.139. The third kappa shape index (κ3) is 9.97. The van der Waals surface area contributed by atoms with E-state index in [1.165, 1.54) is 4.72 Å². The quantitative estimate of drug-likeness (QED) is 0.695. The number of methoxy groups -OCH3 is 1. The Kier molecular flexibility index (Phi) is 10.4. The molecule has 0 aromatic heterocycles. The SMILES string of the molecule is CC.COC(F)C(=O)NS(=O)(=O)CCCC(=O)O. The number of carboxylic acid groups (broad SMARTS) is 1. The van der Waals surface area contributed by atoms with Crippen LogP contribution in [-0.2, 0) is 24.3 Å². The summed E-state index contributed by atoms with van der Waals surface area (Å²) in [6, 6.07) is 0. The number of amides is 1. The van der Waals surface area contributed by atoms with Gasteiger partial charge >= 0.3 is 5.97 Å². The summed E-state index contributed by atoms with van der Waals surface area (Å²) in [5.74, 6) is -3.15. The van der Waals surface area contributed by atoms with Gasteiger partial charge in [0.1, 0.15) is 0 Å². The molecule has 0 bridgehead atoms. The first-order valence-electron chi connectivity index (χ1n) is 5.21. The van der Waals surface area contributed by atoms with Crippen LogP contribution in [0.2, 0.25) is 0 Å². The number of rotatable bonds is 7. The second-order valence-electron chi connectivity index (χ2n) is 2.83. The average Bonchev–Trinajstić information content (AvgIpc) is 2.29. The molecule has 0 aliphatic heterocycles. The molecule has 0 aliphatic carbocycles. The highest BCUT2D eigenvalue weighted by Crippen LogP contribution is 1.97. The second-order valence-corrected chi connectivity index (χ2v) is 4.68. The number of alkyl halides is 1. The highest BCUT2D eigenvalue weighted by atomic mass is 32.2. The van der Waals surface area contributed by atoms with Crippen molar-refractivity contribution in [3.8, 4) is 0 Å². The van der Waals surface area contributed by atoms with E-state index >= 15 is 0 Å².